The maximum absolute atomic E-state index is 13.5. The summed E-state index contributed by atoms with van der Waals surface area (Å²) in [6.07, 6.45) is 81.0. The fraction of sp³-hybridized carbons (Fsp3) is 0.829. The molecular weight excluding hydrogens is 1160 g/mol. The van der Waals surface area contributed by atoms with Crippen molar-refractivity contribution in [2.24, 2.45) is 0 Å². The van der Waals surface area contributed by atoms with Crippen molar-refractivity contribution in [1.29, 1.82) is 0 Å². The normalized spacial score (nSPS) is 18.2. The van der Waals surface area contributed by atoms with Crippen LogP contribution in [0.5, 0.6) is 0 Å². The molecule has 1 rings (SSSR count). The van der Waals surface area contributed by atoms with Gasteiger partial charge in [0.15, 0.2) is 12.4 Å². The van der Waals surface area contributed by atoms with Crippen LogP contribution in [0.4, 0.5) is 0 Å². The van der Waals surface area contributed by atoms with Gasteiger partial charge in [0, 0.05) is 6.42 Å². The molecule has 1 aliphatic heterocycles. The number of nitrogens with one attached hydrogen (secondary N) is 1. The number of esters is 1. The van der Waals surface area contributed by atoms with E-state index in [2.05, 4.69) is 86.8 Å². The average molecular weight is 1310 g/mol. The van der Waals surface area contributed by atoms with Crippen LogP contribution in [-0.4, -0.2) is 99.6 Å². The number of hydrogen-bond acceptors (Lipinski definition) is 10. The number of carbonyl (C=O) groups is 2. The van der Waals surface area contributed by atoms with Gasteiger partial charge in [0.2, 0.25) is 5.91 Å². The van der Waals surface area contributed by atoms with Crippen molar-refractivity contribution in [3.05, 3.63) is 72.9 Å². The van der Waals surface area contributed by atoms with Crippen LogP contribution >= 0.6 is 0 Å². The zero-order valence-electron chi connectivity index (χ0n) is 60.6. The summed E-state index contributed by atoms with van der Waals surface area (Å²) in [4.78, 5) is 26.8. The number of rotatable bonds is 69. The molecule has 1 fully saturated rings. The van der Waals surface area contributed by atoms with Crippen LogP contribution in [-0.2, 0) is 23.8 Å². The summed E-state index contributed by atoms with van der Waals surface area (Å²) in [7, 11) is 0. The zero-order chi connectivity index (χ0) is 67.4. The molecule has 11 nitrogen and oxygen atoms in total. The highest BCUT2D eigenvalue weighted by atomic mass is 16.7. The molecule has 0 radical (unpaired) electrons. The SMILES string of the molecule is CCCCC/C=C\C/C=C\C/C=C\C/C=C\CCCCCCCCCCCCCC(=O)OC1C(OCC(NC(=O)C(O)CCCCCCCCCCCCCCCCCC/C=C/CCCCCCCC)C(O)/C=C/CCCCCCCCCCC)OC(CO)C(O)C1O. The first kappa shape index (κ1) is 88.1. The van der Waals surface area contributed by atoms with Crippen molar-refractivity contribution in [1.82, 2.24) is 5.32 Å². The Morgan fingerprint density at radius 3 is 1.14 bits per heavy atom. The smallest absolute Gasteiger partial charge is 0.306 e. The van der Waals surface area contributed by atoms with Crippen molar-refractivity contribution in [3.63, 3.8) is 0 Å². The van der Waals surface area contributed by atoms with Crippen LogP contribution < -0.4 is 5.32 Å². The molecule has 0 spiro atoms. The molecule has 0 saturated carbocycles. The largest absolute Gasteiger partial charge is 0.454 e. The van der Waals surface area contributed by atoms with Crippen LogP contribution in [0.2, 0.25) is 0 Å². The van der Waals surface area contributed by atoms with Gasteiger partial charge in [0.05, 0.1) is 25.4 Å². The molecule has 0 aromatic heterocycles. The molecule has 8 unspecified atom stereocenters. The topological polar surface area (TPSA) is 175 Å². The van der Waals surface area contributed by atoms with Gasteiger partial charge in [0.1, 0.15) is 24.4 Å². The molecule has 0 aliphatic carbocycles. The third-order valence-corrected chi connectivity index (χ3v) is 18.6. The van der Waals surface area contributed by atoms with Crippen LogP contribution in [0.1, 0.15) is 374 Å². The third-order valence-electron chi connectivity index (χ3n) is 18.6. The van der Waals surface area contributed by atoms with Gasteiger partial charge in [-0.25, -0.2) is 0 Å². The van der Waals surface area contributed by atoms with Gasteiger partial charge in [-0.3, -0.25) is 9.59 Å². The third kappa shape index (κ3) is 55.8. The lowest BCUT2D eigenvalue weighted by atomic mass is 9.99. The Balaban J connectivity index is 2.47. The monoisotopic (exact) mass is 1310 g/mol. The van der Waals surface area contributed by atoms with Crippen LogP contribution in [0.3, 0.4) is 0 Å². The number of hydrogen-bond donors (Lipinski definition) is 6. The Bertz CT molecular complexity index is 1800. The minimum Gasteiger partial charge on any atom is -0.454 e. The Morgan fingerprint density at radius 2 is 0.742 bits per heavy atom. The van der Waals surface area contributed by atoms with E-state index >= 15 is 0 Å². The van der Waals surface area contributed by atoms with Crippen LogP contribution in [0, 0.1) is 0 Å². The quantitative estimate of drug-likeness (QED) is 0.0195. The first-order valence-corrected chi connectivity index (χ1v) is 39.7. The second-order valence-electron chi connectivity index (χ2n) is 27.4. The van der Waals surface area contributed by atoms with Crippen molar-refractivity contribution in [3.8, 4) is 0 Å². The molecule has 6 N–H and O–H groups in total. The number of carbonyl (C=O) groups excluding carboxylic acids is 2. The molecule has 0 aromatic rings. The Hall–Kier alpha value is -2.90. The molecule has 0 aromatic carbocycles. The summed E-state index contributed by atoms with van der Waals surface area (Å²) < 4.78 is 17.7. The molecule has 1 aliphatic rings. The molecule has 0 bridgehead atoms. The Morgan fingerprint density at radius 1 is 0.419 bits per heavy atom. The first-order valence-electron chi connectivity index (χ1n) is 39.7. The molecule has 1 saturated heterocycles. The molecule has 1 amide bonds. The second kappa shape index (κ2) is 69.0. The lowest BCUT2D eigenvalue weighted by molar-refractivity contribution is -0.305. The minimum absolute atomic E-state index is 0.119. The highest BCUT2D eigenvalue weighted by molar-refractivity contribution is 5.80. The molecule has 8 atom stereocenters. The maximum atomic E-state index is 13.5. The van der Waals surface area contributed by atoms with Gasteiger partial charge < -0.3 is 45.1 Å². The van der Waals surface area contributed by atoms with E-state index in [1.54, 1.807) is 6.08 Å². The fourth-order valence-electron chi connectivity index (χ4n) is 12.3. The molecular formula is C82H149NO10. The second-order valence-corrected chi connectivity index (χ2v) is 27.4. The molecule has 11 heteroatoms. The van der Waals surface area contributed by atoms with Crippen molar-refractivity contribution >= 4 is 11.9 Å². The Kier molecular flexibility index (Phi) is 65.4. The van der Waals surface area contributed by atoms with E-state index in [0.29, 0.717) is 19.3 Å². The minimum atomic E-state index is -1.62. The van der Waals surface area contributed by atoms with E-state index in [1.165, 1.54) is 244 Å². The number of amides is 1. The highest BCUT2D eigenvalue weighted by Crippen LogP contribution is 2.27. The average Bonchev–Trinajstić information content (AvgIpc) is 0.842. The van der Waals surface area contributed by atoms with E-state index in [4.69, 9.17) is 14.2 Å². The summed E-state index contributed by atoms with van der Waals surface area (Å²) in [6, 6.07) is -1.03. The number of unbranched alkanes of at least 4 members (excludes halogenated alkanes) is 45. The number of aliphatic hydroxyl groups is 5. The molecule has 1 heterocycles. The molecule has 542 valence electrons. The predicted octanol–water partition coefficient (Wildman–Crippen LogP) is 21.4. The van der Waals surface area contributed by atoms with E-state index in [0.717, 1.165) is 83.5 Å². The van der Waals surface area contributed by atoms with E-state index in [9.17, 15) is 35.1 Å². The van der Waals surface area contributed by atoms with Gasteiger partial charge in [-0.05, 0) is 96.3 Å². The lowest BCUT2D eigenvalue weighted by Crippen LogP contribution is -2.61. The van der Waals surface area contributed by atoms with Gasteiger partial charge in [0.25, 0.3) is 0 Å². The van der Waals surface area contributed by atoms with Crippen LogP contribution in [0.25, 0.3) is 0 Å². The lowest BCUT2D eigenvalue weighted by Gasteiger charge is -2.41. The first-order chi connectivity index (χ1) is 45.7. The number of aliphatic hydroxyl groups excluding tert-OH is 5. The van der Waals surface area contributed by atoms with Gasteiger partial charge in [-0.2, -0.15) is 0 Å². The Labute approximate surface area is 572 Å². The summed E-state index contributed by atoms with van der Waals surface area (Å²) in [5.41, 5.74) is 0. The maximum Gasteiger partial charge on any atom is 0.306 e. The van der Waals surface area contributed by atoms with Gasteiger partial charge in [-0.15, -0.1) is 0 Å². The zero-order valence-corrected chi connectivity index (χ0v) is 60.6. The van der Waals surface area contributed by atoms with Gasteiger partial charge >= 0.3 is 5.97 Å². The summed E-state index contributed by atoms with van der Waals surface area (Å²) >= 11 is 0. The van der Waals surface area contributed by atoms with Crippen LogP contribution in [0.15, 0.2) is 72.9 Å². The molecule has 93 heavy (non-hydrogen) atoms. The van der Waals surface area contributed by atoms with E-state index in [-0.39, 0.29) is 13.0 Å². The standard InChI is InChI=1S/C82H149NO10/c1-4-7-10-13-16-19-22-24-26-28-30-32-34-36-38-40-42-44-46-48-50-52-55-58-61-64-67-70-77(87)93-80-79(89)78(88)76(71-84)92-82(80)91-72-73(74(85)68-65-62-59-56-53-21-18-15-12-9-6-3)83-81(90)75(86)69-66-63-60-57-54-51-49-47-45-43-41-39-37-35-33-31-29-27-25-23-20-17-14-11-8-5-2/h16,19,24-27,30,32,36,38,65,68,73-76,78-80,82,84-86,88-89H,4-15,17-18,20-23,28-29,31,33-35,37,39-64,66-67,69-72H2,1-3H3,(H,83,90)/b19-16-,26-24-,27-25+,32-30-,38-36-,68-65+. The van der Waals surface area contributed by atoms with E-state index in [1.807, 2.05) is 6.08 Å². The van der Waals surface area contributed by atoms with Crippen molar-refractivity contribution < 1.29 is 49.3 Å². The predicted molar refractivity (Wildman–Crippen MR) is 393 cm³/mol. The number of allylic oxidation sites excluding steroid dienone is 11. The number of ether oxygens (including phenoxy) is 3. The van der Waals surface area contributed by atoms with E-state index < -0.39 is 67.4 Å². The van der Waals surface area contributed by atoms with Crippen molar-refractivity contribution in [2.45, 2.75) is 423 Å². The fourth-order valence-corrected chi connectivity index (χ4v) is 12.3. The highest BCUT2D eigenvalue weighted by Gasteiger charge is 2.47. The summed E-state index contributed by atoms with van der Waals surface area (Å²) in [6.45, 7) is 5.80. The summed E-state index contributed by atoms with van der Waals surface area (Å²) in [5, 5.41) is 57.4. The van der Waals surface area contributed by atoms with Gasteiger partial charge in [-0.1, -0.05) is 344 Å². The van der Waals surface area contributed by atoms with Crippen molar-refractivity contribution in [2.75, 3.05) is 13.2 Å². The summed E-state index contributed by atoms with van der Waals surface area (Å²) in [5.74, 6) is -1.19.